The molecule has 0 saturated heterocycles. The molecule has 0 heterocycles. The van der Waals surface area contributed by atoms with Crippen molar-refractivity contribution in [1.82, 2.24) is 0 Å². The van der Waals surface area contributed by atoms with Crippen LogP contribution in [-0.4, -0.2) is 22.2 Å². The summed E-state index contributed by atoms with van der Waals surface area (Å²) in [5.41, 5.74) is 8.09. The standard InChI is InChI=1S/C16H16N2O4/c1-9-3-5-13(11(7-9)15(19)20)17-18-14-6-4-10(2)8-12(14)16(21)22/h3-8,17-18H,1-2H3,(H,19,20)(H,21,22). The number of carboxylic acids is 2. The summed E-state index contributed by atoms with van der Waals surface area (Å²) >= 11 is 0. The van der Waals surface area contributed by atoms with Gasteiger partial charge in [0.25, 0.3) is 0 Å². The molecule has 0 saturated carbocycles. The van der Waals surface area contributed by atoms with Gasteiger partial charge in [0.05, 0.1) is 22.5 Å². The van der Waals surface area contributed by atoms with Crippen LogP contribution in [0, 0.1) is 13.8 Å². The monoisotopic (exact) mass is 300 g/mol. The highest BCUT2D eigenvalue weighted by molar-refractivity contribution is 5.96. The third-order valence-electron chi connectivity index (χ3n) is 3.14. The Kier molecular flexibility index (Phi) is 4.31. The number of carbonyl (C=O) groups is 2. The second kappa shape index (κ2) is 6.17. The van der Waals surface area contributed by atoms with Gasteiger partial charge in [0.2, 0.25) is 0 Å². The molecule has 0 unspecified atom stereocenters. The Morgan fingerprint density at radius 3 is 1.45 bits per heavy atom. The summed E-state index contributed by atoms with van der Waals surface area (Å²) in [7, 11) is 0. The minimum Gasteiger partial charge on any atom is -0.478 e. The molecule has 4 N–H and O–H groups in total. The molecule has 2 aromatic rings. The van der Waals surface area contributed by atoms with Gasteiger partial charge in [-0.2, -0.15) is 0 Å². The number of benzene rings is 2. The van der Waals surface area contributed by atoms with Crippen LogP contribution in [0.5, 0.6) is 0 Å². The number of hydrogen-bond acceptors (Lipinski definition) is 4. The minimum atomic E-state index is -1.06. The predicted molar refractivity (Wildman–Crippen MR) is 83.5 cm³/mol. The lowest BCUT2D eigenvalue weighted by atomic mass is 10.1. The van der Waals surface area contributed by atoms with Crippen LogP contribution in [0.1, 0.15) is 31.8 Å². The normalized spacial score (nSPS) is 10.1. The van der Waals surface area contributed by atoms with Crippen molar-refractivity contribution >= 4 is 23.3 Å². The van der Waals surface area contributed by atoms with E-state index in [4.69, 9.17) is 0 Å². The van der Waals surface area contributed by atoms with Gasteiger partial charge in [0.15, 0.2) is 0 Å². The van der Waals surface area contributed by atoms with Crippen LogP contribution < -0.4 is 10.9 Å². The first-order valence-electron chi connectivity index (χ1n) is 6.58. The van der Waals surface area contributed by atoms with Crippen molar-refractivity contribution in [3.63, 3.8) is 0 Å². The Hall–Kier alpha value is -3.02. The molecule has 0 fully saturated rings. The lowest BCUT2D eigenvalue weighted by Gasteiger charge is -2.14. The third kappa shape index (κ3) is 3.35. The molecule has 22 heavy (non-hydrogen) atoms. The van der Waals surface area contributed by atoms with Gasteiger partial charge in [-0.25, -0.2) is 9.59 Å². The molecule has 0 radical (unpaired) electrons. The third-order valence-corrected chi connectivity index (χ3v) is 3.14. The SMILES string of the molecule is Cc1ccc(NNc2ccc(C)cc2C(=O)O)c(C(=O)O)c1. The first-order valence-corrected chi connectivity index (χ1v) is 6.58. The van der Waals surface area contributed by atoms with E-state index in [1.165, 1.54) is 0 Å². The molecule has 0 aliphatic heterocycles. The van der Waals surface area contributed by atoms with E-state index in [0.29, 0.717) is 11.4 Å². The zero-order chi connectivity index (χ0) is 16.3. The van der Waals surface area contributed by atoms with Gasteiger partial charge in [-0.05, 0) is 38.1 Å². The molecule has 0 aromatic heterocycles. The van der Waals surface area contributed by atoms with Crippen molar-refractivity contribution in [2.75, 3.05) is 10.9 Å². The summed E-state index contributed by atoms with van der Waals surface area (Å²) in [5.74, 6) is -2.12. The maximum Gasteiger partial charge on any atom is 0.337 e. The summed E-state index contributed by atoms with van der Waals surface area (Å²) in [6, 6.07) is 9.87. The second-order valence-corrected chi connectivity index (χ2v) is 4.96. The minimum absolute atomic E-state index is 0.108. The molecule has 2 aromatic carbocycles. The number of rotatable bonds is 5. The van der Waals surface area contributed by atoms with Crippen molar-refractivity contribution in [3.8, 4) is 0 Å². The van der Waals surface area contributed by atoms with Gasteiger partial charge in [0, 0.05) is 0 Å². The number of nitrogens with one attached hydrogen (secondary N) is 2. The molecule has 0 atom stereocenters. The van der Waals surface area contributed by atoms with Gasteiger partial charge in [0.1, 0.15) is 0 Å². The van der Waals surface area contributed by atoms with Crippen molar-refractivity contribution in [2.45, 2.75) is 13.8 Å². The number of aromatic carboxylic acids is 2. The van der Waals surface area contributed by atoms with E-state index in [9.17, 15) is 19.8 Å². The lowest BCUT2D eigenvalue weighted by molar-refractivity contribution is 0.0686. The number of hydrogen-bond donors (Lipinski definition) is 4. The van der Waals surface area contributed by atoms with E-state index < -0.39 is 11.9 Å². The van der Waals surface area contributed by atoms with E-state index in [1.54, 1.807) is 50.2 Å². The maximum absolute atomic E-state index is 11.2. The van der Waals surface area contributed by atoms with Crippen LogP contribution in [0.2, 0.25) is 0 Å². The van der Waals surface area contributed by atoms with Crippen LogP contribution in [0.15, 0.2) is 36.4 Å². The molecular formula is C16H16N2O4. The zero-order valence-corrected chi connectivity index (χ0v) is 12.2. The van der Waals surface area contributed by atoms with Crippen molar-refractivity contribution in [3.05, 3.63) is 58.7 Å². The van der Waals surface area contributed by atoms with Crippen molar-refractivity contribution in [1.29, 1.82) is 0 Å². The molecule has 0 aliphatic carbocycles. The first kappa shape index (κ1) is 15.4. The number of hydrazine groups is 1. The Labute approximate surface area is 127 Å². The zero-order valence-electron chi connectivity index (χ0n) is 12.2. The molecule has 114 valence electrons. The van der Waals surface area contributed by atoms with Gasteiger partial charge >= 0.3 is 11.9 Å². The molecule has 2 rings (SSSR count). The van der Waals surface area contributed by atoms with E-state index in [2.05, 4.69) is 10.9 Å². The number of carboxylic acid groups (broad SMARTS) is 2. The molecule has 6 heteroatoms. The van der Waals surface area contributed by atoms with E-state index in [1.807, 2.05) is 0 Å². The summed E-state index contributed by atoms with van der Waals surface area (Å²) in [5, 5.41) is 18.4. The fraction of sp³-hybridized carbons (Fsp3) is 0.125. The van der Waals surface area contributed by atoms with Gasteiger partial charge in [-0.15, -0.1) is 0 Å². The second-order valence-electron chi connectivity index (χ2n) is 4.96. The Bertz CT molecular complexity index is 677. The number of aryl methyl sites for hydroxylation is 2. The first-order chi connectivity index (χ1) is 10.4. The Morgan fingerprint density at radius 2 is 1.14 bits per heavy atom. The predicted octanol–water partition coefficient (Wildman–Crippen LogP) is 3.14. The van der Waals surface area contributed by atoms with Gasteiger partial charge < -0.3 is 21.1 Å². The topological polar surface area (TPSA) is 98.7 Å². The number of anilines is 2. The molecule has 6 nitrogen and oxygen atoms in total. The highest BCUT2D eigenvalue weighted by Crippen LogP contribution is 2.21. The van der Waals surface area contributed by atoms with Crippen LogP contribution in [0.4, 0.5) is 11.4 Å². The van der Waals surface area contributed by atoms with Crippen LogP contribution >= 0.6 is 0 Å². The average Bonchev–Trinajstić information content (AvgIpc) is 2.46. The molecular weight excluding hydrogens is 284 g/mol. The average molecular weight is 300 g/mol. The van der Waals surface area contributed by atoms with Crippen LogP contribution in [-0.2, 0) is 0 Å². The molecule has 0 bridgehead atoms. The molecule has 0 spiro atoms. The molecule has 0 aliphatic rings. The summed E-state index contributed by atoms with van der Waals surface area (Å²) in [6.45, 7) is 3.60. The van der Waals surface area contributed by atoms with Crippen LogP contribution in [0.25, 0.3) is 0 Å². The fourth-order valence-corrected chi connectivity index (χ4v) is 2.02. The van der Waals surface area contributed by atoms with Crippen molar-refractivity contribution in [2.24, 2.45) is 0 Å². The van der Waals surface area contributed by atoms with E-state index in [0.717, 1.165) is 11.1 Å². The Morgan fingerprint density at radius 1 is 0.773 bits per heavy atom. The summed E-state index contributed by atoms with van der Waals surface area (Å²) in [6.07, 6.45) is 0. The fourth-order valence-electron chi connectivity index (χ4n) is 2.02. The summed E-state index contributed by atoms with van der Waals surface area (Å²) in [4.78, 5) is 22.5. The Balaban J connectivity index is 2.28. The van der Waals surface area contributed by atoms with Crippen LogP contribution in [0.3, 0.4) is 0 Å². The van der Waals surface area contributed by atoms with E-state index >= 15 is 0 Å². The smallest absolute Gasteiger partial charge is 0.337 e. The highest BCUT2D eigenvalue weighted by atomic mass is 16.4. The van der Waals surface area contributed by atoms with Gasteiger partial charge in [-0.1, -0.05) is 23.3 Å². The quantitative estimate of drug-likeness (QED) is 0.633. The van der Waals surface area contributed by atoms with E-state index in [-0.39, 0.29) is 11.1 Å². The highest BCUT2D eigenvalue weighted by Gasteiger charge is 2.13. The molecule has 0 amide bonds. The maximum atomic E-state index is 11.2. The largest absolute Gasteiger partial charge is 0.478 e. The summed E-state index contributed by atoms with van der Waals surface area (Å²) < 4.78 is 0. The van der Waals surface area contributed by atoms with Crippen molar-refractivity contribution < 1.29 is 19.8 Å². The van der Waals surface area contributed by atoms with Gasteiger partial charge in [-0.3, -0.25) is 0 Å². The lowest BCUT2D eigenvalue weighted by Crippen LogP contribution is -2.15.